The van der Waals surface area contributed by atoms with Gasteiger partial charge in [0.1, 0.15) is 6.54 Å². The van der Waals surface area contributed by atoms with Crippen molar-refractivity contribution in [2.75, 3.05) is 68.5 Å². The molecule has 0 unspecified atom stereocenters. The predicted octanol–water partition coefficient (Wildman–Crippen LogP) is 3.29. The van der Waals surface area contributed by atoms with Crippen molar-refractivity contribution in [1.29, 1.82) is 0 Å². The lowest BCUT2D eigenvalue weighted by molar-refractivity contribution is -0.114. The highest BCUT2D eigenvalue weighted by molar-refractivity contribution is 7.92. The van der Waals surface area contributed by atoms with Crippen molar-refractivity contribution in [1.82, 2.24) is 4.90 Å². The van der Waals surface area contributed by atoms with E-state index in [-0.39, 0.29) is 10.6 Å². The third-order valence-corrected chi connectivity index (χ3v) is 8.06. The lowest BCUT2D eigenvalue weighted by Crippen LogP contribution is -2.44. The van der Waals surface area contributed by atoms with E-state index in [1.165, 1.54) is 32.4 Å². The Kier molecular flexibility index (Phi) is 8.20. The van der Waals surface area contributed by atoms with Gasteiger partial charge in [-0.25, -0.2) is 8.42 Å². The molecule has 37 heavy (non-hydrogen) atoms. The molecule has 4 rings (SSSR count). The second-order valence-corrected chi connectivity index (χ2v) is 10.6. The van der Waals surface area contributed by atoms with Crippen molar-refractivity contribution < 1.29 is 22.7 Å². The number of amides is 1. The minimum absolute atomic E-state index is 0.0154. The number of para-hydroxylation sites is 1. The van der Waals surface area contributed by atoms with E-state index in [1.54, 1.807) is 30.3 Å². The van der Waals surface area contributed by atoms with Crippen LogP contribution in [0.25, 0.3) is 0 Å². The van der Waals surface area contributed by atoms with E-state index in [2.05, 4.69) is 22.2 Å². The number of piperazine rings is 1. The molecule has 1 fully saturated rings. The number of hydrogen-bond donors (Lipinski definition) is 1. The van der Waals surface area contributed by atoms with Crippen molar-refractivity contribution in [3.05, 3.63) is 72.8 Å². The molecular weight excluding hydrogens is 492 g/mol. The molecular formula is C27H32N4O5S. The van der Waals surface area contributed by atoms with Gasteiger partial charge in [-0.2, -0.15) is 0 Å². The summed E-state index contributed by atoms with van der Waals surface area (Å²) in [7, 11) is 0.925. The minimum Gasteiger partial charge on any atom is -0.493 e. The second-order valence-electron chi connectivity index (χ2n) is 8.75. The molecule has 0 spiro atoms. The van der Waals surface area contributed by atoms with Crippen LogP contribution in [0.1, 0.15) is 0 Å². The van der Waals surface area contributed by atoms with Gasteiger partial charge in [0.05, 0.1) is 24.8 Å². The molecule has 1 N–H and O–H groups in total. The number of methoxy groups -OCH3 is 2. The predicted molar refractivity (Wildman–Crippen MR) is 145 cm³/mol. The smallest absolute Gasteiger partial charge is 0.264 e. The summed E-state index contributed by atoms with van der Waals surface area (Å²) >= 11 is 0. The highest BCUT2D eigenvalue weighted by Crippen LogP contribution is 2.32. The molecule has 0 aliphatic carbocycles. The molecule has 0 atom stereocenters. The summed E-state index contributed by atoms with van der Waals surface area (Å²) in [5, 5.41) is 2.83. The fourth-order valence-corrected chi connectivity index (χ4v) is 5.60. The minimum atomic E-state index is -4.10. The van der Waals surface area contributed by atoms with Crippen LogP contribution in [0.2, 0.25) is 0 Å². The van der Waals surface area contributed by atoms with Crippen molar-refractivity contribution >= 4 is 33.0 Å². The SMILES string of the molecule is COc1ccc(S(=O)(=O)N(CC(=O)Nc2ccc(N3CCN(C)CC3)cc2)c2ccccc2)cc1OC. The Bertz CT molecular complexity index is 1310. The van der Waals surface area contributed by atoms with Gasteiger partial charge in [0.25, 0.3) is 10.0 Å². The molecule has 196 valence electrons. The summed E-state index contributed by atoms with van der Waals surface area (Å²) in [5.74, 6) is 0.229. The lowest BCUT2D eigenvalue weighted by Gasteiger charge is -2.34. The van der Waals surface area contributed by atoms with Crippen LogP contribution < -0.4 is 24.0 Å². The average Bonchev–Trinajstić information content (AvgIpc) is 2.92. The Morgan fingerprint density at radius 3 is 2.16 bits per heavy atom. The number of nitrogens with one attached hydrogen (secondary N) is 1. The van der Waals surface area contributed by atoms with E-state index >= 15 is 0 Å². The molecule has 1 aliphatic rings. The first-order valence-corrected chi connectivity index (χ1v) is 13.4. The monoisotopic (exact) mass is 524 g/mol. The van der Waals surface area contributed by atoms with Gasteiger partial charge in [0.2, 0.25) is 5.91 Å². The first-order valence-electron chi connectivity index (χ1n) is 11.9. The highest BCUT2D eigenvalue weighted by Gasteiger charge is 2.28. The van der Waals surface area contributed by atoms with Crippen molar-refractivity contribution in [2.45, 2.75) is 4.90 Å². The third-order valence-electron chi connectivity index (χ3n) is 6.29. The highest BCUT2D eigenvalue weighted by atomic mass is 32.2. The van der Waals surface area contributed by atoms with E-state index in [9.17, 15) is 13.2 Å². The van der Waals surface area contributed by atoms with Crippen LogP contribution in [0.15, 0.2) is 77.7 Å². The normalized spacial score (nSPS) is 14.2. The van der Waals surface area contributed by atoms with Gasteiger partial charge >= 0.3 is 0 Å². The van der Waals surface area contributed by atoms with Crippen LogP contribution in [0, 0.1) is 0 Å². The number of rotatable bonds is 9. The molecule has 3 aromatic carbocycles. The van der Waals surface area contributed by atoms with Gasteiger partial charge in [0.15, 0.2) is 11.5 Å². The van der Waals surface area contributed by atoms with E-state index < -0.39 is 22.5 Å². The molecule has 0 aromatic heterocycles. The standard InChI is InChI=1S/C27H32N4O5S/c1-29-15-17-30(18-16-29)22-11-9-21(10-12-22)28-27(32)20-31(23-7-5-4-6-8-23)37(33,34)24-13-14-25(35-2)26(19-24)36-3/h4-14,19H,15-18,20H2,1-3H3,(H,28,32). The molecule has 1 amide bonds. The van der Waals surface area contributed by atoms with Gasteiger partial charge in [-0.15, -0.1) is 0 Å². The van der Waals surface area contributed by atoms with Gasteiger partial charge in [-0.05, 0) is 55.6 Å². The number of benzene rings is 3. The molecule has 10 heteroatoms. The fourth-order valence-electron chi connectivity index (χ4n) is 4.16. The third kappa shape index (κ3) is 6.15. The van der Waals surface area contributed by atoms with Crippen LogP contribution >= 0.6 is 0 Å². The Hall–Kier alpha value is -3.76. The molecule has 0 bridgehead atoms. The van der Waals surface area contributed by atoms with Gasteiger partial charge in [0, 0.05) is 43.6 Å². The zero-order valence-corrected chi connectivity index (χ0v) is 22.1. The maximum absolute atomic E-state index is 13.7. The number of carbonyl (C=O) groups excluding carboxylic acids is 1. The zero-order chi connectivity index (χ0) is 26.4. The van der Waals surface area contributed by atoms with Gasteiger partial charge in [-0.3, -0.25) is 9.10 Å². The fraction of sp³-hybridized carbons (Fsp3) is 0.296. The largest absolute Gasteiger partial charge is 0.493 e. The van der Waals surface area contributed by atoms with Gasteiger partial charge in [-0.1, -0.05) is 18.2 Å². The number of likely N-dealkylation sites (N-methyl/N-ethyl adjacent to an activating group) is 1. The van der Waals surface area contributed by atoms with Crippen LogP contribution in [0.4, 0.5) is 17.1 Å². The van der Waals surface area contributed by atoms with E-state index in [4.69, 9.17) is 9.47 Å². The quantitative estimate of drug-likeness (QED) is 0.459. The Morgan fingerprint density at radius 1 is 0.892 bits per heavy atom. The van der Waals surface area contributed by atoms with Crippen LogP contribution in [0.3, 0.4) is 0 Å². The van der Waals surface area contributed by atoms with Crippen LogP contribution in [0.5, 0.6) is 11.5 Å². The van der Waals surface area contributed by atoms with E-state index in [0.29, 0.717) is 17.1 Å². The van der Waals surface area contributed by atoms with Gasteiger partial charge < -0.3 is 24.6 Å². The summed E-state index contributed by atoms with van der Waals surface area (Å²) in [6.45, 7) is 3.50. The van der Waals surface area contributed by atoms with Crippen molar-refractivity contribution in [3.8, 4) is 11.5 Å². The number of carbonyl (C=O) groups is 1. The molecule has 1 aliphatic heterocycles. The summed E-state index contributed by atoms with van der Waals surface area (Å²) in [6.07, 6.45) is 0. The van der Waals surface area contributed by atoms with Crippen LogP contribution in [-0.2, 0) is 14.8 Å². The topological polar surface area (TPSA) is 91.4 Å². The molecule has 1 heterocycles. The first-order chi connectivity index (χ1) is 17.8. The summed E-state index contributed by atoms with van der Waals surface area (Å²) < 4.78 is 38.9. The molecule has 3 aromatic rings. The Labute approximate surface area is 218 Å². The van der Waals surface area contributed by atoms with Crippen molar-refractivity contribution in [2.24, 2.45) is 0 Å². The van der Waals surface area contributed by atoms with Crippen molar-refractivity contribution in [3.63, 3.8) is 0 Å². The lowest BCUT2D eigenvalue weighted by atomic mass is 10.2. The number of nitrogens with zero attached hydrogens (tertiary/aromatic N) is 3. The number of anilines is 3. The molecule has 9 nitrogen and oxygen atoms in total. The summed E-state index contributed by atoms with van der Waals surface area (Å²) in [4.78, 5) is 17.6. The first kappa shape index (κ1) is 26.3. The maximum atomic E-state index is 13.7. The second kappa shape index (κ2) is 11.5. The maximum Gasteiger partial charge on any atom is 0.264 e. The average molecular weight is 525 g/mol. The summed E-state index contributed by atoms with van der Waals surface area (Å²) in [6, 6.07) is 20.5. The van der Waals surface area contributed by atoms with Crippen LogP contribution in [-0.4, -0.2) is 73.2 Å². The number of hydrogen-bond acceptors (Lipinski definition) is 7. The Balaban J connectivity index is 1.53. The Morgan fingerprint density at radius 2 is 1.54 bits per heavy atom. The molecule has 1 saturated heterocycles. The number of ether oxygens (including phenoxy) is 2. The van der Waals surface area contributed by atoms with E-state index in [0.717, 1.165) is 36.2 Å². The molecule has 0 radical (unpaired) electrons. The molecule has 0 saturated carbocycles. The summed E-state index contributed by atoms with van der Waals surface area (Å²) in [5.41, 5.74) is 2.06. The number of sulfonamides is 1. The van der Waals surface area contributed by atoms with E-state index in [1.807, 2.05) is 24.3 Å². The zero-order valence-electron chi connectivity index (χ0n) is 21.3.